The number of nitrogens with zero attached hydrogens (tertiary/aromatic N) is 1. The van der Waals surface area contributed by atoms with Gasteiger partial charge in [0.25, 0.3) is 5.91 Å². The first-order chi connectivity index (χ1) is 10.6. The zero-order valence-corrected chi connectivity index (χ0v) is 12.0. The van der Waals surface area contributed by atoms with Gasteiger partial charge in [-0.3, -0.25) is 4.79 Å². The summed E-state index contributed by atoms with van der Waals surface area (Å²) in [5, 5.41) is 3.60. The first-order valence-corrected chi connectivity index (χ1v) is 7.42. The van der Waals surface area contributed by atoms with Crippen LogP contribution in [-0.4, -0.2) is 16.9 Å². The molecular formula is C16H16FN3O2. The Balaban J connectivity index is 1.81. The minimum Gasteiger partial charge on any atom is -0.383 e. The Morgan fingerprint density at radius 3 is 2.82 bits per heavy atom. The summed E-state index contributed by atoms with van der Waals surface area (Å²) in [6.07, 6.45) is 3.03. The number of anilines is 1. The largest absolute Gasteiger partial charge is 0.383 e. The molecule has 0 unspecified atom stereocenters. The first kappa shape index (κ1) is 13.5. The molecule has 4 rings (SSSR count). The Hall–Kier alpha value is -2.21. The molecule has 3 N–H and O–H groups in total. The number of nitrogen functional groups attached to an aromatic ring is 1. The zero-order valence-electron chi connectivity index (χ0n) is 12.0. The van der Waals surface area contributed by atoms with E-state index in [1.165, 1.54) is 6.07 Å². The topological polar surface area (TPSA) is 77.2 Å². The van der Waals surface area contributed by atoms with Crippen LogP contribution in [0.25, 0.3) is 10.9 Å². The molecule has 0 spiro atoms. The smallest absolute Gasteiger partial charge is 0.254 e. The Kier molecular flexibility index (Phi) is 3.00. The van der Waals surface area contributed by atoms with Crippen LogP contribution < -0.4 is 11.1 Å². The van der Waals surface area contributed by atoms with Crippen LogP contribution in [0.3, 0.4) is 0 Å². The van der Waals surface area contributed by atoms with Gasteiger partial charge in [0, 0.05) is 23.1 Å². The number of aromatic nitrogens is 1. The molecule has 1 aromatic heterocycles. The third kappa shape index (κ3) is 2.02. The van der Waals surface area contributed by atoms with E-state index in [4.69, 9.17) is 10.5 Å². The van der Waals surface area contributed by atoms with E-state index in [-0.39, 0.29) is 17.5 Å². The number of ether oxygens (including phenoxy) is 1. The number of carbonyl (C=O) groups excluding carboxylic acids is 1. The van der Waals surface area contributed by atoms with E-state index in [9.17, 15) is 9.18 Å². The number of benzene rings is 1. The molecule has 2 aromatic rings. The van der Waals surface area contributed by atoms with E-state index < -0.39 is 5.82 Å². The number of carbonyl (C=O) groups is 1. The van der Waals surface area contributed by atoms with Crippen molar-refractivity contribution in [2.75, 3.05) is 5.73 Å². The van der Waals surface area contributed by atoms with Crippen molar-refractivity contribution in [2.24, 2.45) is 0 Å². The molecular weight excluding hydrogens is 285 g/mol. The van der Waals surface area contributed by atoms with Gasteiger partial charge in [-0.05, 0) is 30.9 Å². The lowest BCUT2D eigenvalue weighted by molar-refractivity contribution is 0.0913. The zero-order chi connectivity index (χ0) is 15.3. The summed E-state index contributed by atoms with van der Waals surface area (Å²) in [5.41, 5.74) is 8.14. The summed E-state index contributed by atoms with van der Waals surface area (Å²) >= 11 is 0. The van der Waals surface area contributed by atoms with Crippen LogP contribution >= 0.6 is 0 Å². The highest BCUT2D eigenvalue weighted by molar-refractivity contribution is 5.99. The predicted molar refractivity (Wildman–Crippen MR) is 79.7 cm³/mol. The molecule has 22 heavy (non-hydrogen) atoms. The van der Waals surface area contributed by atoms with E-state index in [2.05, 4.69) is 10.3 Å². The molecule has 1 amide bonds. The van der Waals surface area contributed by atoms with Crippen molar-refractivity contribution in [3.05, 3.63) is 34.6 Å². The Morgan fingerprint density at radius 1 is 1.32 bits per heavy atom. The quantitative estimate of drug-likeness (QED) is 0.892. The van der Waals surface area contributed by atoms with E-state index in [0.29, 0.717) is 24.5 Å². The van der Waals surface area contributed by atoms with Crippen LogP contribution in [0.4, 0.5) is 10.2 Å². The summed E-state index contributed by atoms with van der Waals surface area (Å²) < 4.78 is 19.7. The van der Waals surface area contributed by atoms with E-state index in [1.54, 1.807) is 6.07 Å². The number of nitrogens with two attached hydrogens (primary N) is 1. The fraction of sp³-hybridized carbons (Fsp3) is 0.375. The summed E-state index contributed by atoms with van der Waals surface area (Å²) in [4.78, 5) is 16.5. The second-order valence-electron chi connectivity index (χ2n) is 5.90. The monoisotopic (exact) mass is 301 g/mol. The molecule has 1 aliphatic heterocycles. The van der Waals surface area contributed by atoms with Gasteiger partial charge < -0.3 is 15.8 Å². The van der Waals surface area contributed by atoms with Gasteiger partial charge in [-0.2, -0.15) is 0 Å². The van der Waals surface area contributed by atoms with Crippen LogP contribution in [0.5, 0.6) is 0 Å². The maximum atomic E-state index is 14.3. The van der Waals surface area contributed by atoms with Crippen LogP contribution in [0.1, 0.15) is 40.7 Å². The van der Waals surface area contributed by atoms with Gasteiger partial charge in [0.15, 0.2) is 0 Å². The fourth-order valence-corrected chi connectivity index (χ4v) is 2.98. The number of nitrogens with one attached hydrogen (secondary N) is 1. The second-order valence-corrected chi connectivity index (χ2v) is 5.90. The Labute approximate surface area is 126 Å². The van der Waals surface area contributed by atoms with Gasteiger partial charge in [-0.1, -0.05) is 0 Å². The predicted octanol–water partition coefficient (Wildman–Crippen LogP) is 2.27. The number of pyridine rings is 1. The molecule has 2 heterocycles. The van der Waals surface area contributed by atoms with Crippen molar-refractivity contribution in [3.8, 4) is 0 Å². The molecule has 114 valence electrons. The number of fused-ring (bicyclic) bond motifs is 3. The third-order valence-corrected chi connectivity index (χ3v) is 4.50. The lowest BCUT2D eigenvalue weighted by atomic mass is 9.92. The SMILES string of the molecule is Nc1nc2cc(F)c(C(=O)NC3CCC3)cc2c2c1COC2. The third-order valence-electron chi connectivity index (χ3n) is 4.50. The number of amides is 1. The second kappa shape index (κ2) is 4.91. The van der Waals surface area contributed by atoms with Crippen molar-refractivity contribution in [1.29, 1.82) is 0 Å². The standard InChI is InChI=1S/C16H16FN3O2/c17-13-5-14-9(11-6-22-7-12(11)15(18)20-14)4-10(13)16(21)19-8-2-1-3-8/h4-5,8H,1-3,6-7H2,(H2,18,20)(H,19,21). The van der Waals surface area contributed by atoms with Crippen LogP contribution in [-0.2, 0) is 18.0 Å². The van der Waals surface area contributed by atoms with E-state index in [0.717, 1.165) is 35.8 Å². The van der Waals surface area contributed by atoms with Crippen LogP contribution in [0.2, 0.25) is 0 Å². The van der Waals surface area contributed by atoms with Gasteiger partial charge >= 0.3 is 0 Å². The lowest BCUT2D eigenvalue weighted by Gasteiger charge is -2.26. The summed E-state index contributed by atoms with van der Waals surface area (Å²) in [6.45, 7) is 0.818. The highest BCUT2D eigenvalue weighted by atomic mass is 19.1. The molecule has 0 bridgehead atoms. The molecule has 1 fully saturated rings. The van der Waals surface area contributed by atoms with Gasteiger partial charge in [0.1, 0.15) is 11.6 Å². The summed E-state index contributed by atoms with van der Waals surface area (Å²) in [6, 6.07) is 3.01. The average Bonchev–Trinajstić information content (AvgIpc) is 2.92. The van der Waals surface area contributed by atoms with Gasteiger partial charge in [-0.15, -0.1) is 0 Å². The van der Waals surface area contributed by atoms with E-state index >= 15 is 0 Å². The highest BCUT2D eigenvalue weighted by Gasteiger charge is 2.24. The average molecular weight is 301 g/mol. The molecule has 2 aliphatic rings. The van der Waals surface area contributed by atoms with E-state index in [1.807, 2.05) is 0 Å². The number of rotatable bonds is 2. The van der Waals surface area contributed by atoms with Crippen molar-refractivity contribution >= 4 is 22.6 Å². The van der Waals surface area contributed by atoms with Crippen molar-refractivity contribution in [2.45, 2.75) is 38.5 Å². The van der Waals surface area contributed by atoms with Gasteiger partial charge in [-0.25, -0.2) is 9.37 Å². The minimum absolute atomic E-state index is 0.0556. The molecule has 0 radical (unpaired) electrons. The molecule has 0 atom stereocenters. The summed E-state index contributed by atoms with van der Waals surface area (Å²) in [5.74, 6) is -0.574. The molecule has 5 nitrogen and oxygen atoms in total. The van der Waals surface area contributed by atoms with Crippen molar-refractivity contribution in [3.63, 3.8) is 0 Å². The molecule has 1 saturated carbocycles. The Bertz CT molecular complexity index is 787. The molecule has 1 aliphatic carbocycles. The maximum Gasteiger partial charge on any atom is 0.254 e. The molecule has 6 heteroatoms. The minimum atomic E-state index is -0.574. The normalized spacial score (nSPS) is 17.3. The van der Waals surface area contributed by atoms with Crippen molar-refractivity contribution < 1.29 is 13.9 Å². The first-order valence-electron chi connectivity index (χ1n) is 7.42. The number of hydrogen-bond donors (Lipinski definition) is 2. The summed E-state index contributed by atoms with van der Waals surface area (Å²) in [7, 11) is 0. The maximum absolute atomic E-state index is 14.3. The van der Waals surface area contributed by atoms with Gasteiger partial charge in [0.05, 0.1) is 24.3 Å². The Morgan fingerprint density at radius 2 is 2.09 bits per heavy atom. The van der Waals surface area contributed by atoms with Crippen LogP contribution in [0.15, 0.2) is 12.1 Å². The lowest BCUT2D eigenvalue weighted by Crippen LogP contribution is -2.39. The molecule has 1 aromatic carbocycles. The number of halogens is 1. The van der Waals surface area contributed by atoms with Crippen molar-refractivity contribution in [1.82, 2.24) is 10.3 Å². The fourth-order valence-electron chi connectivity index (χ4n) is 2.98. The van der Waals surface area contributed by atoms with Gasteiger partial charge in [0.2, 0.25) is 0 Å². The highest BCUT2D eigenvalue weighted by Crippen LogP contribution is 2.32. The van der Waals surface area contributed by atoms with Crippen LogP contribution in [0, 0.1) is 5.82 Å². The number of hydrogen-bond acceptors (Lipinski definition) is 4. The molecule has 0 saturated heterocycles.